The van der Waals surface area contributed by atoms with Crippen LogP contribution in [0.25, 0.3) is 11.5 Å². The smallest absolute Gasteiger partial charge is 0.247 e. The van der Waals surface area contributed by atoms with Gasteiger partial charge in [-0.1, -0.05) is 18.2 Å². The van der Waals surface area contributed by atoms with Crippen LogP contribution in [0.1, 0.15) is 5.89 Å². The van der Waals surface area contributed by atoms with Crippen LogP contribution in [-0.4, -0.2) is 30.0 Å². The van der Waals surface area contributed by atoms with E-state index in [1.807, 2.05) is 30.3 Å². The molecule has 0 atom stereocenters. The van der Waals surface area contributed by atoms with Gasteiger partial charge in [-0.3, -0.25) is 0 Å². The largest absolute Gasteiger partial charge is 0.419 e. The number of rotatable bonds is 5. The van der Waals surface area contributed by atoms with Crippen molar-refractivity contribution in [1.29, 1.82) is 0 Å². The Hall–Kier alpha value is -2.58. The third kappa shape index (κ3) is 3.34. The predicted octanol–water partition coefficient (Wildman–Crippen LogP) is 2.70. The van der Waals surface area contributed by atoms with Crippen LogP contribution in [0.5, 0.6) is 0 Å². The lowest BCUT2D eigenvalue weighted by atomic mass is 10.2. The molecule has 24 heavy (non-hydrogen) atoms. The molecule has 6 nitrogen and oxygen atoms in total. The van der Waals surface area contributed by atoms with E-state index in [0.717, 1.165) is 22.0 Å². The number of nitrogens with zero attached hydrogens (tertiary/aromatic N) is 3. The number of sulfonamides is 1. The molecule has 1 heterocycles. The Kier molecular flexibility index (Phi) is 4.41. The molecule has 0 fully saturated rings. The van der Waals surface area contributed by atoms with Crippen LogP contribution in [0.3, 0.4) is 0 Å². The standard InChI is InChI=1S/C16H14FN3O3S/c1-20(24(21,22)14-9-7-13(17)8-10-14)11-15-18-19-16(23-15)12-5-3-2-4-6-12/h2-10H,11H2,1H3. The van der Waals surface area contributed by atoms with Crippen molar-refractivity contribution in [2.75, 3.05) is 7.05 Å². The molecule has 1 aromatic heterocycles. The first-order valence-corrected chi connectivity index (χ1v) is 8.50. The first-order chi connectivity index (χ1) is 11.5. The summed E-state index contributed by atoms with van der Waals surface area (Å²) in [5, 5.41) is 7.79. The molecule has 0 bridgehead atoms. The molecule has 0 saturated heterocycles. The van der Waals surface area contributed by atoms with Crippen molar-refractivity contribution in [2.45, 2.75) is 11.4 Å². The summed E-state index contributed by atoms with van der Waals surface area (Å²) in [5.74, 6) is -0.0128. The van der Waals surface area contributed by atoms with E-state index in [1.54, 1.807) is 0 Å². The monoisotopic (exact) mass is 347 g/mol. The minimum Gasteiger partial charge on any atom is -0.419 e. The molecule has 0 aliphatic carbocycles. The van der Waals surface area contributed by atoms with Gasteiger partial charge in [-0.15, -0.1) is 10.2 Å². The highest BCUT2D eigenvalue weighted by Crippen LogP contribution is 2.20. The van der Waals surface area contributed by atoms with E-state index in [2.05, 4.69) is 10.2 Å². The molecule has 0 unspecified atom stereocenters. The van der Waals surface area contributed by atoms with Gasteiger partial charge in [-0.25, -0.2) is 12.8 Å². The highest BCUT2D eigenvalue weighted by molar-refractivity contribution is 7.89. The predicted molar refractivity (Wildman–Crippen MR) is 84.8 cm³/mol. The molecule has 3 aromatic rings. The topological polar surface area (TPSA) is 76.3 Å². The average Bonchev–Trinajstić information content (AvgIpc) is 3.04. The van der Waals surface area contributed by atoms with E-state index >= 15 is 0 Å². The molecular formula is C16H14FN3O3S. The first kappa shape index (κ1) is 16.3. The molecule has 0 spiro atoms. The molecule has 124 valence electrons. The number of benzene rings is 2. The minimum absolute atomic E-state index is 0.00537. The summed E-state index contributed by atoms with van der Waals surface area (Å²) in [5.41, 5.74) is 0.750. The van der Waals surface area contributed by atoms with Crippen molar-refractivity contribution in [2.24, 2.45) is 0 Å². The molecule has 0 radical (unpaired) electrons. The summed E-state index contributed by atoms with van der Waals surface area (Å²) in [4.78, 5) is -0.00537. The SMILES string of the molecule is CN(Cc1nnc(-c2ccccc2)o1)S(=O)(=O)c1ccc(F)cc1. The Labute approximate surface area is 138 Å². The fourth-order valence-electron chi connectivity index (χ4n) is 2.08. The lowest BCUT2D eigenvalue weighted by Crippen LogP contribution is -2.26. The molecule has 0 N–H and O–H groups in total. The molecule has 0 aliphatic rings. The zero-order valence-electron chi connectivity index (χ0n) is 12.8. The molecule has 3 rings (SSSR count). The van der Waals surface area contributed by atoms with Crippen LogP contribution in [0.2, 0.25) is 0 Å². The molecule has 8 heteroatoms. The van der Waals surface area contributed by atoms with Crippen LogP contribution in [0.4, 0.5) is 4.39 Å². The van der Waals surface area contributed by atoms with Crippen molar-refractivity contribution in [3.05, 3.63) is 66.3 Å². The Morgan fingerprint density at radius 1 is 1.04 bits per heavy atom. The van der Waals surface area contributed by atoms with Crippen LogP contribution < -0.4 is 0 Å². The van der Waals surface area contributed by atoms with Gasteiger partial charge in [-0.05, 0) is 36.4 Å². The van der Waals surface area contributed by atoms with Crippen LogP contribution in [-0.2, 0) is 16.6 Å². The zero-order chi connectivity index (χ0) is 17.2. The third-order valence-electron chi connectivity index (χ3n) is 3.37. The lowest BCUT2D eigenvalue weighted by Gasteiger charge is -2.15. The van der Waals surface area contributed by atoms with Crippen molar-refractivity contribution in [3.8, 4) is 11.5 Å². The maximum Gasteiger partial charge on any atom is 0.247 e. The zero-order valence-corrected chi connectivity index (χ0v) is 13.6. The van der Waals surface area contributed by atoms with Gasteiger partial charge < -0.3 is 4.42 Å². The van der Waals surface area contributed by atoms with Crippen LogP contribution in [0.15, 0.2) is 63.9 Å². The van der Waals surface area contributed by atoms with E-state index < -0.39 is 15.8 Å². The Balaban J connectivity index is 1.78. The van der Waals surface area contributed by atoms with E-state index in [4.69, 9.17) is 4.42 Å². The quantitative estimate of drug-likeness (QED) is 0.709. The fraction of sp³-hybridized carbons (Fsp3) is 0.125. The maximum atomic E-state index is 12.9. The highest BCUT2D eigenvalue weighted by atomic mass is 32.2. The third-order valence-corrected chi connectivity index (χ3v) is 5.18. The van der Waals surface area contributed by atoms with E-state index in [0.29, 0.717) is 5.89 Å². The second-order valence-electron chi connectivity index (χ2n) is 5.08. The van der Waals surface area contributed by atoms with Gasteiger partial charge in [0, 0.05) is 12.6 Å². The Bertz CT molecular complexity index is 925. The van der Waals surface area contributed by atoms with Crippen molar-refractivity contribution in [1.82, 2.24) is 14.5 Å². The molecular weight excluding hydrogens is 333 g/mol. The fourth-order valence-corrected chi connectivity index (χ4v) is 3.20. The normalized spacial score (nSPS) is 11.8. The van der Waals surface area contributed by atoms with Gasteiger partial charge in [0.25, 0.3) is 0 Å². The van der Waals surface area contributed by atoms with Crippen molar-refractivity contribution < 1.29 is 17.2 Å². The van der Waals surface area contributed by atoms with Gasteiger partial charge in [-0.2, -0.15) is 4.31 Å². The van der Waals surface area contributed by atoms with Gasteiger partial charge >= 0.3 is 0 Å². The number of halogens is 1. The lowest BCUT2D eigenvalue weighted by molar-refractivity contribution is 0.400. The molecule has 0 aliphatic heterocycles. The van der Waals surface area contributed by atoms with E-state index in [1.165, 1.54) is 19.2 Å². The van der Waals surface area contributed by atoms with Crippen molar-refractivity contribution in [3.63, 3.8) is 0 Å². The number of hydrogen-bond acceptors (Lipinski definition) is 5. The van der Waals surface area contributed by atoms with Gasteiger partial charge in [0.2, 0.25) is 21.8 Å². The highest BCUT2D eigenvalue weighted by Gasteiger charge is 2.23. The van der Waals surface area contributed by atoms with Crippen LogP contribution in [0, 0.1) is 5.82 Å². The summed E-state index contributed by atoms with van der Waals surface area (Å²) in [7, 11) is -2.38. The second kappa shape index (κ2) is 6.50. The van der Waals surface area contributed by atoms with E-state index in [-0.39, 0.29) is 17.3 Å². The summed E-state index contributed by atoms with van der Waals surface area (Å²) in [6.45, 7) is -0.0838. The van der Waals surface area contributed by atoms with E-state index in [9.17, 15) is 12.8 Å². The summed E-state index contributed by atoms with van der Waals surface area (Å²) >= 11 is 0. The molecule has 2 aromatic carbocycles. The van der Waals surface area contributed by atoms with Gasteiger partial charge in [0.15, 0.2) is 0 Å². The Morgan fingerprint density at radius 2 is 1.71 bits per heavy atom. The van der Waals surface area contributed by atoms with Gasteiger partial charge in [0.05, 0.1) is 11.4 Å². The molecule has 0 saturated carbocycles. The Morgan fingerprint density at radius 3 is 2.38 bits per heavy atom. The minimum atomic E-state index is -3.77. The molecule has 0 amide bonds. The number of aromatic nitrogens is 2. The van der Waals surface area contributed by atoms with Gasteiger partial charge in [0.1, 0.15) is 5.82 Å². The van der Waals surface area contributed by atoms with Crippen molar-refractivity contribution >= 4 is 10.0 Å². The second-order valence-corrected chi connectivity index (χ2v) is 7.13. The summed E-state index contributed by atoms with van der Waals surface area (Å²) < 4.78 is 44.4. The first-order valence-electron chi connectivity index (χ1n) is 7.06. The maximum absolute atomic E-state index is 12.9. The number of hydrogen-bond donors (Lipinski definition) is 0. The summed E-state index contributed by atoms with van der Waals surface area (Å²) in [6, 6.07) is 13.8. The van der Waals surface area contributed by atoms with Crippen LogP contribution >= 0.6 is 0 Å². The summed E-state index contributed by atoms with van der Waals surface area (Å²) in [6.07, 6.45) is 0. The average molecular weight is 347 g/mol.